The largest absolute Gasteiger partial charge is 0.375 e. The molecule has 1 aromatic carbocycles. The van der Waals surface area contributed by atoms with Gasteiger partial charge in [0.1, 0.15) is 0 Å². The number of hydrogen-bond acceptors (Lipinski definition) is 4. The summed E-state index contributed by atoms with van der Waals surface area (Å²) < 4.78 is 5.20. The van der Waals surface area contributed by atoms with Crippen LogP contribution >= 0.6 is 0 Å². The third-order valence-electron chi connectivity index (χ3n) is 2.30. The van der Waals surface area contributed by atoms with Crippen LogP contribution in [0.4, 0.5) is 5.69 Å². The molecule has 0 amide bonds. The topological polar surface area (TPSA) is 78.4 Å². The molecular weight excluding hydrogens is 184 g/mol. The first-order valence-corrected chi connectivity index (χ1v) is 4.29. The van der Waals surface area contributed by atoms with Crippen LogP contribution < -0.4 is 5.73 Å². The number of nitrogens with zero attached hydrogens (tertiary/aromatic N) is 1. The number of fused-ring (bicyclic) bond motifs is 1. The molecule has 1 aliphatic rings. The summed E-state index contributed by atoms with van der Waals surface area (Å²) in [4.78, 5) is 10.3. The molecule has 74 valence electrons. The first-order valence-electron chi connectivity index (χ1n) is 4.29. The van der Waals surface area contributed by atoms with Crippen LogP contribution in [0, 0.1) is 10.1 Å². The van der Waals surface area contributed by atoms with Gasteiger partial charge >= 0.3 is 0 Å². The lowest BCUT2D eigenvalue weighted by atomic mass is 9.98. The van der Waals surface area contributed by atoms with Gasteiger partial charge in [0.25, 0.3) is 5.69 Å². The van der Waals surface area contributed by atoms with Gasteiger partial charge in [0.2, 0.25) is 0 Å². The van der Waals surface area contributed by atoms with Gasteiger partial charge in [0, 0.05) is 6.07 Å². The predicted molar refractivity (Wildman–Crippen MR) is 49.7 cm³/mol. The molecule has 0 spiro atoms. The molecule has 5 heteroatoms. The Bertz CT molecular complexity index is 378. The van der Waals surface area contributed by atoms with Crippen molar-refractivity contribution in [3.63, 3.8) is 0 Å². The van der Waals surface area contributed by atoms with Gasteiger partial charge in [-0.1, -0.05) is 12.1 Å². The SMILES string of the molecule is N[C@@H]1COCc2cccc([N+](=O)[O-])c21. The van der Waals surface area contributed by atoms with Crippen molar-refractivity contribution in [2.75, 3.05) is 6.61 Å². The maximum absolute atomic E-state index is 10.7. The van der Waals surface area contributed by atoms with Crippen molar-refractivity contribution < 1.29 is 9.66 Å². The minimum atomic E-state index is -0.399. The van der Waals surface area contributed by atoms with E-state index in [1.54, 1.807) is 12.1 Å². The fourth-order valence-electron chi connectivity index (χ4n) is 1.69. The lowest BCUT2D eigenvalue weighted by Gasteiger charge is -2.21. The fourth-order valence-corrected chi connectivity index (χ4v) is 1.69. The van der Waals surface area contributed by atoms with Crippen molar-refractivity contribution in [2.24, 2.45) is 5.73 Å². The van der Waals surface area contributed by atoms with E-state index in [1.807, 2.05) is 0 Å². The molecule has 0 saturated heterocycles. The Hall–Kier alpha value is -1.46. The second-order valence-electron chi connectivity index (χ2n) is 3.23. The second kappa shape index (κ2) is 3.36. The summed E-state index contributed by atoms with van der Waals surface area (Å²) in [5.41, 5.74) is 7.28. The van der Waals surface area contributed by atoms with Crippen molar-refractivity contribution in [2.45, 2.75) is 12.6 Å². The molecule has 0 aliphatic carbocycles. The van der Waals surface area contributed by atoms with Crippen molar-refractivity contribution in [3.8, 4) is 0 Å². The van der Waals surface area contributed by atoms with E-state index in [-0.39, 0.29) is 11.7 Å². The molecule has 14 heavy (non-hydrogen) atoms. The average molecular weight is 194 g/mol. The quantitative estimate of drug-likeness (QED) is 0.536. The maximum Gasteiger partial charge on any atom is 0.274 e. The number of nitrogens with two attached hydrogens (primary N) is 1. The monoisotopic (exact) mass is 194 g/mol. The standard InChI is InChI=1S/C9H10N2O3/c10-7-5-14-4-6-2-1-3-8(9(6)7)11(12)13/h1-3,7H,4-5,10H2/t7-/m1/s1. The van der Waals surface area contributed by atoms with Gasteiger partial charge in [-0.3, -0.25) is 10.1 Å². The molecule has 5 nitrogen and oxygen atoms in total. The number of nitro groups is 1. The lowest BCUT2D eigenvalue weighted by molar-refractivity contribution is -0.386. The molecule has 1 aliphatic heterocycles. The van der Waals surface area contributed by atoms with Crippen molar-refractivity contribution in [1.29, 1.82) is 0 Å². The van der Waals surface area contributed by atoms with E-state index >= 15 is 0 Å². The molecule has 0 saturated carbocycles. The van der Waals surface area contributed by atoms with E-state index in [1.165, 1.54) is 6.07 Å². The highest BCUT2D eigenvalue weighted by atomic mass is 16.6. The zero-order chi connectivity index (χ0) is 10.1. The fraction of sp³-hybridized carbons (Fsp3) is 0.333. The zero-order valence-electron chi connectivity index (χ0n) is 7.47. The van der Waals surface area contributed by atoms with E-state index < -0.39 is 4.92 Å². The second-order valence-corrected chi connectivity index (χ2v) is 3.23. The average Bonchev–Trinajstić information content (AvgIpc) is 2.17. The highest BCUT2D eigenvalue weighted by Gasteiger charge is 2.26. The third kappa shape index (κ3) is 1.36. The molecule has 1 aromatic rings. The molecular formula is C9H10N2O3. The number of nitro benzene ring substituents is 1. The molecule has 0 unspecified atom stereocenters. The van der Waals surface area contributed by atoms with Crippen LogP contribution in [0.25, 0.3) is 0 Å². The van der Waals surface area contributed by atoms with Gasteiger partial charge in [-0.25, -0.2) is 0 Å². The number of rotatable bonds is 1. The minimum absolute atomic E-state index is 0.0956. The van der Waals surface area contributed by atoms with Gasteiger partial charge < -0.3 is 10.5 Å². The molecule has 1 atom stereocenters. The highest BCUT2D eigenvalue weighted by molar-refractivity contribution is 5.48. The Morgan fingerprint density at radius 1 is 1.57 bits per heavy atom. The molecule has 0 fully saturated rings. The molecule has 2 rings (SSSR count). The summed E-state index contributed by atoms with van der Waals surface area (Å²) in [6.45, 7) is 0.753. The van der Waals surface area contributed by atoms with Crippen LogP contribution in [0.3, 0.4) is 0 Å². The van der Waals surface area contributed by atoms with Crippen LogP contribution in [0.1, 0.15) is 17.2 Å². The Balaban J connectivity index is 2.57. The summed E-state index contributed by atoms with van der Waals surface area (Å²) in [5.74, 6) is 0. The van der Waals surface area contributed by atoms with E-state index in [4.69, 9.17) is 10.5 Å². The summed E-state index contributed by atoms with van der Waals surface area (Å²) in [5, 5.41) is 10.7. The lowest BCUT2D eigenvalue weighted by Crippen LogP contribution is -2.24. The number of benzene rings is 1. The minimum Gasteiger partial charge on any atom is -0.375 e. The normalized spacial score (nSPS) is 20.2. The molecule has 1 heterocycles. The van der Waals surface area contributed by atoms with Gasteiger partial charge in [0.05, 0.1) is 29.7 Å². The van der Waals surface area contributed by atoms with E-state index in [9.17, 15) is 10.1 Å². The molecule has 0 bridgehead atoms. The summed E-state index contributed by atoms with van der Waals surface area (Å²) in [7, 11) is 0. The number of ether oxygens (including phenoxy) is 1. The molecule has 0 aromatic heterocycles. The van der Waals surface area contributed by atoms with E-state index in [0.29, 0.717) is 18.8 Å². The first-order chi connectivity index (χ1) is 6.70. The predicted octanol–water partition coefficient (Wildman–Crippen LogP) is 1.12. The number of hydrogen-bond donors (Lipinski definition) is 1. The molecule has 2 N–H and O–H groups in total. The van der Waals surface area contributed by atoms with Crippen LogP contribution in [0.15, 0.2) is 18.2 Å². The summed E-state index contributed by atoms with van der Waals surface area (Å²) >= 11 is 0. The Kier molecular flexibility index (Phi) is 2.18. The van der Waals surface area contributed by atoms with Gasteiger partial charge in [-0.05, 0) is 5.56 Å². The van der Waals surface area contributed by atoms with Crippen molar-refractivity contribution in [1.82, 2.24) is 0 Å². The van der Waals surface area contributed by atoms with Crippen LogP contribution in [0.2, 0.25) is 0 Å². The van der Waals surface area contributed by atoms with Gasteiger partial charge in [0.15, 0.2) is 0 Å². The van der Waals surface area contributed by atoms with Crippen molar-refractivity contribution in [3.05, 3.63) is 39.4 Å². The van der Waals surface area contributed by atoms with Crippen LogP contribution in [-0.4, -0.2) is 11.5 Å². The Morgan fingerprint density at radius 2 is 2.36 bits per heavy atom. The Labute approximate surface area is 80.6 Å². The van der Waals surface area contributed by atoms with Crippen LogP contribution in [-0.2, 0) is 11.3 Å². The van der Waals surface area contributed by atoms with Crippen molar-refractivity contribution >= 4 is 5.69 Å². The zero-order valence-corrected chi connectivity index (χ0v) is 7.47. The molecule has 0 radical (unpaired) electrons. The summed E-state index contributed by atoms with van der Waals surface area (Å²) in [6, 6.07) is 4.55. The van der Waals surface area contributed by atoms with E-state index in [0.717, 1.165) is 5.56 Å². The smallest absolute Gasteiger partial charge is 0.274 e. The van der Waals surface area contributed by atoms with Gasteiger partial charge in [-0.2, -0.15) is 0 Å². The Morgan fingerprint density at radius 3 is 3.07 bits per heavy atom. The van der Waals surface area contributed by atoms with Gasteiger partial charge in [-0.15, -0.1) is 0 Å². The highest BCUT2D eigenvalue weighted by Crippen LogP contribution is 2.31. The van der Waals surface area contributed by atoms with E-state index in [2.05, 4.69) is 0 Å². The van der Waals surface area contributed by atoms with Crippen LogP contribution in [0.5, 0.6) is 0 Å². The summed E-state index contributed by atoms with van der Waals surface area (Å²) in [6.07, 6.45) is 0. The maximum atomic E-state index is 10.7. The first kappa shape index (κ1) is 9.11. The third-order valence-corrected chi connectivity index (χ3v) is 2.30.